The third-order valence-corrected chi connectivity index (χ3v) is 3.74. The number of carbonyl (C=O) groups is 2. The predicted octanol–water partition coefficient (Wildman–Crippen LogP) is 3.64. The lowest BCUT2D eigenvalue weighted by Crippen LogP contribution is -2.34. The number of anilines is 2. The minimum atomic E-state index is -0.581. The lowest BCUT2D eigenvalue weighted by Gasteiger charge is -2.28. The van der Waals surface area contributed by atoms with Crippen LogP contribution in [0.5, 0.6) is 0 Å². The average molecular weight is 351 g/mol. The number of halogens is 1. The van der Waals surface area contributed by atoms with Gasteiger partial charge in [-0.15, -0.1) is 0 Å². The van der Waals surface area contributed by atoms with Crippen LogP contribution in [0.1, 0.15) is 46.5 Å². The van der Waals surface area contributed by atoms with E-state index < -0.39 is 11.7 Å². The smallest absolute Gasteiger partial charge is 0.407 e. The van der Waals surface area contributed by atoms with Crippen molar-refractivity contribution >= 4 is 23.4 Å². The molecule has 6 nitrogen and oxygen atoms in total. The van der Waals surface area contributed by atoms with Crippen molar-refractivity contribution in [3.63, 3.8) is 0 Å². The van der Waals surface area contributed by atoms with E-state index in [0.29, 0.717) is 17.4 Å². The number of amides is 2. The molecule has 0 aromatic heterocycles. The van der Waals surface area contributed by atoms with Gasteiger partial charge in [-0.25, -0.2) is 9.18 Å². The largest absolute Gasteiger partial charge is 0.444 e. The molecule has 0 radical (unpaired) electrons. The molecule has 25 heavy (non-hydrogen) atoms. The molecule has 1 fully saturated rings. The maximum Gasteiger partial charge on any atom is 0.407 e. The van der Waals surface area contributed by atoms with Gasteiger partial charge in [-0.05, 0) is 58.2 Å². The van der Waals surface area contributed by atoms with E-state index in [1.807, 2.05) is 0 Å². The van der Waals surface area contributed by atoms with Gasteiger partial charge in [0.25, 0.3) is 0 Å². The van der Waals surface area contributed by atoms with Gasteiger partial charge in [0.2, 0.25) is 5.91 Å². The summed E-state index contributed by atoms with van der Waals surface area (Å²) in [5, 5.41) is 8.53. The van der Waals surface area contributed by atoms with Gasteiger partial charge in [0, 0.05) is 19.0 Å². The first kappa shape index (κ1) is 19.0. The Hall–Kier alpha value is -2.31. The molecule has 7 heteroatoms. The summed E-state index contributed by atoms with van der Waals surface area (Å²) in [5.41, 5.74) is 0.538. The second kappa shape index (κ2) is 8.18. The fraction of sp³-hybridized carbons (Fsp3) is 0.556. The van der Waals surface area contributed by atoms with Gasteiger partial charge < -0.3 is 20.7 Å². The Morgan fingerprint density at radius 3 is 2.56 bits per heavy atom. The first-order valence-corrected chi connectivity index (χ1v) is 8.56. The summed E-state index contributed by atoms with van der Waals surface area (Å²) < 4.78 is 18.6. The molecule has 3 N–H and O–H groups in total. The van der Waals surface area contributed by atoms with Crippen molar-refractivity contribution in [1.82, 2.24) is 5.32 Å². The Morgan fingerprint density at radius 2 is 1.96 bits per heavy atom. The minimum Gasteiger partial charge on any atom is -0.444 e. The maximum absolute atomic E-state index is 13.5. The Bertz CT molecular complexity index is 624. The monoisotopic (exact) mass is 351 g/mol. The fourth-order valence-electron chi connectivity index (χ4n) is 2.32. The Kier molecular flexibility index (Phi) is 6.22. The van der Waals surface area contributed by atoms with Crippen LogP contribution in [0.3, 0.4) is 0 Å². The van der Waals surface area contributed by atoms with Crippen molar-refractivity contribution in [2.45, 2.75) is 58.1 Å². The van der Waals surface area contributed by atoms with E-state index in [1.165, 1.54) is 18.2 Å². The summed E-state index contributed by atoms with van der Waals surface area (Å²) in [6, 6.07) is 4.55. The summed E-state index contributed by atoms with van der Waals surface area (Å²) in [7, 11) is 0. The van der Waals surface area contributed by atoms with Crippen molar-refractivity contribution in [1.29, 1.82) is 0 Å². The second-order valence-electron chi connectivity index (χ2n) is 7.19. The van der Waals surface area contributed by atoms with Crippen LogP contribution >= 0.6 is 0 Å². The van der Waals surface area contributed by atoms with E-state index in [-0.39, 0.29) is 24.7 Å². The zero-order valence-corrected chi connectivity index (χ0v) is 14.9. The van der Waals surface area contributed by atoms with Crippen LogP contribution in [0.15, 0.2) is 18.2 Å². The molecule has 1 aromatic carbocycles. The molecular formula is C18H26FN3O3. The zero-order chi connectivity index (χ0) is 18.4. The van der Waals surface area contributed by atoms with Crippen molar-refractivity contribution in [2.75, 3.05) is 17.2 Å². The number of rotatable bonds is 6. The molecule has 1 aliphatic carbocycles. The second-order valence-corrected chi connectivity index (χ2v) is 7.19. The van der Waals surface area contributed by atoms with Crippen molar-refractivity contribution in [3.8, 4) is 0 Å². The molecule has 1 aliphatic rings. The lowest BCUT2D eigenvalue weighted by molar-refractivity contribution is -0.116. The lowest BCUT2D eigenvalue weighted by atomic mass is 9.93. The molecule has 0 heterocycles. The van der Waals surface area contributed by atoms with Gasteiger partial charge in [-0.2, -0.15) is 0 Å². The van der Waals surface area contributed by atoms with Gasteiger partial charge in [0.15, 0.2) is 0 Å². The summed E-state index contributed by atoms with van der Waals surface area (Å²) in [5.74, 6) is -0.620. The molecule has 0 saturated heterocycles. The van der Waals surface area contributed by atoms with Crippen LogP contribution in [-0.2, 0) is 9.53 Å². The molecule has 2 rings (SSSR count). The third-order valence-electron chi connectivity index (χ3n) is 3.74. The number of hydrogen-bond donors (Lipinski definition) is 3. The molecule has 0 aliphatic heterocycles. The number of benzene rings is 1. The van der Waals surface area contributed by atoms with Crippen molar-refractivity contribution < 1.29 is 18.7 Å². The quantitative estimate of drug-likeness (QED) is 0.731. The van der Waals surface area contributed by atoms with E-state index in [0.717, 1.165) is 19.3 Å². The standard InChI is InChI=1S/C18H26FN3O3/c1-18(2,3)25-17(24)20-10-9-16(23)22-14-8-7-12(19)11-15(14)21-13-5-4-6-13/h7-8,11,13,21H,4-6,9-10H2,1-3H3,(H,20,24)(H,22,23). The topological polar surface area (TPSA) is 79.5 Å². The molecule has 0 atom stereocenters. The first-order chi connectivity index (χ1) is 11.7. The number of ether oxygens (including phenoxy) is 1. The molecule has 2 amide bonds. The fourth-order valence-corrected chi connectivity index (χ4v) is 2.32. The van der Waals surface area contributed by atoms with Crippen molar-refractivity contribution in [2.24, 2.45) is 0 Å². The van der Waals surface area contributed by atoms with E-state index >= 15 is 0 Å². The number of carbonyl (C=O) groups excluding carboxylic acids is 2. The SMILES string of the molecule is CC(C)(C)OC(=O)NCCC(=O)Nc1ccc(F)cc1NC1CCC1. The van der Waals surface area contributed by atoms with Crippen LogP contribution in [0, 0.1) is 5.82 Å². The Morgan fingerprint density at radius 1 is 1.24 bits per heavy atom. The molecule has 1 aromatic rings. The number of alkyl carbamates (subject to hydrolysis) is 1. The first-order valence-electron chi connectivity index (χ1n) is 8.56. The average Bonchev–Trinajstić information content (AvgIpc) is 2.43. The van der Waals surface area contributed by atoms with Gasteiger partial charge in [0.05, 0.1) is 11.4 Å². The molecule has 138 valence electrons. The van der Waals surface area contributed by atoms with E-state index in [1.54, 1.807) is 20.8 Å². The molecule has 0 unspecified atom stereocenters. The van der Waals surface area contributed by atoms with E-state index in [2.05, 4.69) is 16.0 Å². The van der Waals surface area contributed by atoms with Crippen LogP contribution in [0.25, 0.3) is 0 Å². The van der Waals surface area contributed by atoms with Crippen molar-refractivity contribution in [3.05, 3.63) is 24.0 Å². The number of nitrogens with one attached hydrogen (secondary N) is 3. The van der Waals surface area contributed by atoms with Crippen LogP contribution in [0.2, 0.25) is 0 Å². The Labute approximate surface area is 147 Å². The maximum atomic E-state index is 13.5. The third kappa shape index (κ3) is 6.60. The highest BCUT2D eigenvalue weighted by molar-refractivity contribution is 5.94. The highest BCUT2D eigenvalue weighted by Crippen LogP contribution is 2.29. The van der Waals surface area contributed by atoms with Gasteiger partial charge in [0.1, 0.15) is 11.4 Å². The Balaban J connectivity index is 1.82. The zero-order valence-electron chi connectivity index (χ0n) is 14.9. The van der Waals surface area contributed by atoms with E-state index in [4.69, 9.17) is 4.74 Å². The van der Waals surface area contributed by atoms with Gasteiger partial charge >= 0.3 is 6.09 Å². The molecular weight excluding hydrogens is 325 g/mol. The van der Waals surface area contributed by atoms with Gasteiger partial charge in [-0.1, -0.05) is 0 Å². The van der Waals surface area contributed by atoms with Crippen LogP contribution in [0.4, 0.5) is 20.6 Å². The highest BCUT2D eigenvalue weighted by atomic mass is 19.1. The highest BCUT2D eigenvalue weighted by Gasteiger charge is 2.19. The summed E-state index contributed by atoms with van der Waals surface area (Å²) in [4.78, 5) is 23.6. The minimum absolute atomic E-state index is 0.0967. The summed E-state index contributed by atoms with van der Waals surface area (Å²) in [6.07, 6.45) is 2.78. The summed E-state index contributed by atoms with van der Waals surface area (Å²) in [6.45, 7) is 5.46. The molecule has 0 spiro atoms. The van der Waals surface area contributed by atoms with Gasteiger partial charge in [-0.3, -0.25) is 4.79 Å². The predicted molar refractivity (Wildman–Crippen MR) is 95.1 cm³/mol. The number of hydrogen-bond acceptors (Lipinski definition) is 4. The summed E-state index contributed by atoms with van der Waals surface area (Å²) >= 11 is 0. The van der Waals surface area contributed by atoms with Crippen LogP contribution in [-0.4, -0.2) is 30.2 Å². The normalized spacial score (nSPS) is 14.4. The molecule has 1 saturated carbocycles. The van der Waals surface area contributed by atoms with E-state index in [9.17, 15) is 14.0 Å². The molecule has 0 bridgehead atoms. The van der Waals surface area contributed by atoms with Crippen LogP contribution < -0.4 is 16.0 Å².